The van der Waals surface area contributed by atoms with Gasteiger partial charge in [0, 0.05) is 29.4 Å². The number of carbonyl (C=O) groups is 1. The van der Waals surface area contributed by atoms with Crippen LogP contribution in [0.2, 0.25) is 0 Å². The highest BCUT2D eigenvalue weighted by Crippen LogP contribution is 2.24. The number of carbonyl (C=O) groups excluding carboxylic acids is 1. The van der Waals surface area contributed by atoms with Crippen LogP contribution in [-0.4, -0.2) is 24.5 Å². The Morgan fingerprint density at radius 3 is 2.74 bits per heavy atom. The minimum absolute atomic E-state index is 0.00860. The third-order valence-corrected chi connectivity index (χ3v) is 4.62. The van der Waals surface area contributed by atoms with E-state index in [0.29, 0.717) is 31.0 Å². The standard InChI is InChI=1S/C21H21BrN2O3/c1-26-18-7-5-15(6-8-18)11-12-23-20(25)9-10-21-24-14-19(27-21)16-3-2-4-17(22)13-16/h2-8,13-14H,9-12H2,1H3,(H,23,25). The molecule has 5 nitrogen and oxygen atoms in total. The van der Waals surface area contributed by atoms with Gasteiger partial charge < -0.3 is 14.5 Å². The van der Waals surface area contributed by atoms with Gasteiger partial charge in [-0.25, -0.2) is 4.98 Å². The lowest BCUT2D eigenvalue weighted by Gasteiger charge is -2.05. The van der Waals surface area contributed by atoms with Crippen LogP contribution in [0.3, 0.4) is 0 Å². The van der Waals surface area contributed by atoms with E-state index in [1.54, 1.807) is 13.3 Å². The molecule has 0 unspecified atom stereocenters. The van der Waals surface area contributed by atoms with Crippen molar-refractivity contribution in [1.82, 2.24) is 10.3 Å². The number of methoxy groups -OCH3 is 1. The number of aryl methyl sites for hydroxylation is 1. The van der Waals surface area contributed by atoms with E-state index in [1.165, 1.54) is 0 Å². The van der Waals surface area contributed by atoms with Crippen LogP contribution < -0.4 is 10.1 Å². The second-order valence-electron chi connectivity index (χ2n) is 6.08. The van der Waals surface area contributed by atoms with Crippen molar-refractivity contribution in [1.29, 1.82) is 0 Å². The second-order valence-corrected chi connectivity index (χ2v) is 6.99. The SMILES string of the molecule is COc1ccc(CCNC(=O)CCc2ncc(-c3cccc(Br)c3)o2)cc1. The van der Waals surface area contributed by atoms with Gasteiger partial charge in [0.2, 0.25) is 5.91 Å². The average molecular weight is 429 g/mol. The molecule has 3 aromatic rings. The number of aromatic nitrogens is 1. The molecule has 1 aromatic heterocycles. The summed E-state index contributed by atoms with van der Waals surface area (Å²) in [6, 6.07) is 15.7. The maximum atomic E-state index is 12.0. The van der Waals surface area contributed by atoms with E-state index in [1.807, 2.05) is 48.5 Å². The van der Waals surface area contributed by atoms with Crippen LogP contribution in [0.5, 0.6) is 5.75 Å². The predicted molar refractivity (Wildman–Crippen MR) is 108 cm³/mol. The van der Waals surface area contributed by atoms with Gasteiger partial charge in [-0.2, -0.15) is 0 Å². The molecule has 0 atom stereocenters. The zero-order valence-corrected chi connectivity index (χ0v) is 16.7. The number of ether oxygens (including phenoxy) is 1. The van der Waals surface area contributed by atoms with Crippen LogP contribution in [0.4, 0.5) is 0 Å². The number of halogens is 1. The Labute approximate surface area is 166 Å². The molecule has 140 valence electrons. The van der Waals surface area contributed by atoms with E-state index in [0.717, 1.165) is 27.8 Å². The van der Waals surface area contributed by atoms with Crippen molar-refractivity contribution in [3.8, 4) is 17.1 Å². The average Bonchev–Trinajstić information content (AvgIpc) is 3.16. The summed E-state index contributed by atoms with van der Waals surface area (Å²) in [4.78, 5) is 16.3. The minimum Gasteiger partial charge on any atom is -0.497 e. The fraction of sp³-hybridized carbons (Fsp3) is 0.238. The molecule has 0 aliphatic heterocycles. The molecule has 0 saturated carbocycles. The van der Waals surface area contributed by atoms with Gasteiger partial charge in [0.05, 0.1) is 13.3 Å². The summed E-state index contributed by atoms with van der Waals surface area (Å²) in [5, 5.41) is 2.93. The van der Waals surface area contributed by atoms with Crippen LogP contribution in [-0.2, 0) is 17.6 Å². The Morgan fingerprint density at radius 1 is 1.19 bits per heavy atom. The molecule has 1 N–H and O–H groups in total. The van der Waals surface area contributed by atoms with E-state index >= 15 is 0 Å². The summed E-state index contributed by atoms with van der Waals surface area (Å²) < 4.78 is 11.9. The van der Waals surface area contributed by atoms with E-state index in [4.69, 9.17) is 9.15 Å². The van der Waals surface area contributed by atoms with Crippen LogP contribution in [0, 0.1) is 0 Å². The Bertz CT molecular complexity index is 890. The summed E-state index contributed by atoms with van der Waals surface area (Å²) in [6.45, 7) is 0.597. The Morgan fingerprint density at radius 2 is 2.00 bits per heavy atom. The van der Waals surface area contributed by atoms with Crippen molar-refractivity contribution >= 4 is 21.8 Å². The van der Waals surface area contributed by atoms with Gasteiger partial charge in [0.25, 0.3) is 0 Å². The molecule has 6 heteroatoms. The number of rotatable bonds is 8. The lowest BCUT2D eigenvalue weighted by atomic mass is 10.1. The van der Waals surface area contributed by atoms with Crippen LogP contribution >= 0.6 is 15.9 Å². The highest BCUT2D eigenvalue weighted by Gasteiger charge is 2.09. The summed E-state index contributed by atoms with van der Waals surface area (Å²) in [7, 11) is 1.64. The number of nitrogens with one attached hydrogen (secondary N) is 1. The van der Waals surface area contributed by atoms with Gasteiger partial charge >= 0.3 is 0 Å². The van der Waals surface area contributed by atoms with Crippen molar-refractivity contribution in [2.75, 3.05) is 13.7 Å². The highest BCUT2D eigenvalue weighted by atomic mass is 79.9. The minimum atomic E-state index is -0.00860. The number of nitrogens with zero attached hydrogens (tertiary/aromatic N) is 1. The summed E-state index contributed by atoms with van der Waals surface area (Å²) in [5.74, 6) is 2.09. The van der Waals surface area contributed by atoms with Gasteiger partial charge in [-0.15, -0.1) is 0 Å². The smallest absolute Gasteiger partial charge is 0.220 e. The van der Waals surface area contributed by atoms with Gasteiger partial charge in [-0.05, 0) is 36.2 Å². The molecule has 27 heavy (non-hydrogen) atoms. The normalized spacial score (nSPS) is 10.6. The van der Waals surface area contributed by atoms with Crippen molar-refractivity contribution in [3.05, 3.63) is 70.7 Å². The van der Waals surface area contributed by atoms with Crippen molar-refractivity contribution in [3.63, 3.8) is 0 Å². The van der Waals surface area contributed by atoms with Crippen LogP contribution in [0.1, 0.15) is 17.9 Å². The van der Waals surface area contributed by atoms with E-state index in [-0.39, 0.29) is 5.91 Å². The maximum absolute atomic E-state index is 12.0. The summed E-state index contributed by atoms with van der Waals surface area (Å²) >= 11 is 3.44. The topological polar surface area (TPSA) is 64.4 Å². The summed E-state index contributed by atoms with van der Waals surface area (Å²) in [5.41, 5.74) is 2.11. The Kier molecular flexibility index (Phi) is 6.65. The van der Waals surface area contributed by atoms with E-state index < -0.39 is 0 Å². The molecular weight excluding hydrogens is 408 g/mol. The van der Waals surface area contributed by atoms with Gasteiger partial charge in [0.1, 0.15) is 5.75 Å². The quantitative estimate of drug-likeness (QED) is 0.577. The molecular formula is C21H21BrN2O3. The molecule has 0 bridgehead atoms. The van der Waals surface area contributed by atoms with Crippen molar-refractivity contribution < 1.29 is 13.9 Å². The molecule has 2 aromatic carbocycles. The first-order valence-corrected chi connectivity index (χ1v) is 9.53. The molecule has 0 fully saturated rings. The van der Waals surface area contributed by atoms with Gasteiger partial charge in [-0.1, -0.05) is 40.2 Å². The van der Waals surface area contributed by atoms with Gasteiger partial charge in [-0.3, -0.25) is 4.79 Å². The van der Waals surface area contributed by atoms with Crippen LogP contribution in [0.25, 0.3) is 11.3 Å². The number of benzene rings is 2. The molecule has 3 rings (SSSR count). The van der Waals surface area contributed by atoms with Crippen molar-refractivity contribution in [2.45, 2.75) is 19.3 Å². The highest BCUT2D eigenvalue weighted by molar-refractivity contribution is 9.10. The first kappa shape index (κ1) is 19.2. The molecule has 0 radical (unpaired) electrons. The molecule has 0 aliphatic carbocycles. The summed E-state index contributed by atoms with van der Waals surface area (Å²) in [6.07, 6.45) is 3.30. The monoisotopic (exact) mass is 428 g/mol. The lowest BCUT2D eigenvalue weighted by Crippen LogP contribution is -2.25. The fourth-order valence-electron chi connectivity index (χ4n) is 2.65. The number of amides is 1. The first-order valence-electron chi connectivity index (χ1n) is 8.74. The Balaban J connectivity index is 1.42. The van der Waals surface area contributed by atoms with Crippen LogP contribution in [0.15, 0.2) is 63.6 Å². The number of hydrogen-bond donors (Lipinski definition) is 1. The maximum Gasteiger partial charge on any atom is 0.220 e. The molecule has 0 aliphatic rings. The molecule has 1 heterocycles. The predicted octanol–water partition coefficient (Wildman–Crippen LogP) is 4.40. The zero-order chi connectivity index (χ0) is 19.1. The molecule has 0 spiro atoms. The van der Waals surface area contributed by atoms with E-state index in [9.17, 15) is 4.79 Å². The Hall–Kier alpha value is -2.60. The molecule has 0 saturated heterocycles. The largest absolute Gasteiger partial charge is 0.497 e. The number of oxazole rings is 1. The first-order chi connectivity index (χ1) is 13.1. The van der Waals surface area contributed by atoms with Crippen molar-refractivity contribution in [2.24, 2.45) is 0 Å². The second kappa shape index (κ2) is 9.37. The fourth-order valence-corrected chi connectivity index (χ4v) is 3.05. The number of hydrogen-bond acceptors (Lipinski definition) is 4. The third-order valence-electron chi connectivity index (χ3n) is 4.12. The zero-order valence-electron chi connectivity index (χ0n) is 15.1. The molecule has 1 amide bonds. The third kappa shape index (κ3) is 5.69. The lowest BCUT2D eigenvalue weighted by molar-refractivity contribution is -0.121. The van der Waals surface area contributed by atoms with E-state index in [2.05, 4.69) is 26.2 Å². The van der Waals surface area contributed by atoms with Gasteiger partial charge in [0.15, 0.2) is 11.7 Å².